The highest BCUT2D eigenvalue weighted by molar-refractivity contribution is 6.30. The molecular formula is C22H21ClN2O3. The number of amides is 1. The molecule has 1 N–H and O–H groups in total. The lowest BCUT2D eigenvalue weighted by Crippen LogP contribution is -2.29. The standard InChI is InChI=1S/C22H21ClN2O3/c1-15(26)17-4-3-5-19(12-17)24-22(27)14-25(2)13-20-10-11-21(28-20)16-6-8-18(23)9-7-16/h3-12H,13-14H2,1-2H3,(H,24,27). The molecule has 144 valence electrons. The van der Waals surface area contributed by atoms with Gasteiger partial charge in [0.15, 0.2) is 5.78 Å². The predicted molar refractivity (Wildman–Crippen MR) is 111 cm³/mol. The van der Waals surface area contributed by atoms with Gasteiger partial charge in [-0.3, -0.25) is 14.5 Å². The van der Waals surface area contributed by atoms with Crippen LogP contribution in [0, 0.1) is 0 Å². The smallest absolute Gasteiger partial charge is 0.238 e. The van der Waals surface area contributed by atoms with Crippen LogP contribution in [0.25, 0.3) is 11.3 Å². The lowest BCUT2D eigenvalue weighted by Gasteiger charge is -2.15. The molecule has 0 unspecified atom stereocenters. The van der Waals surface area contributed by atoms with Gasteiger partial charge >= 0.3 is 0 Å². The van der Waals surface area contributed by atoms with Crippen LogP contribution in [-0.4, -0.2) is 30.2 Å². The van der Waals surface area contributed by atoms with Crippen molar-refractivity contribution in [2.45, 2.75) is 13.5 Å². The van der Waals surface area contributed by atoms with E-state index in [0.717, 1.165) is 17.1 Å². The third-order valence-electron chi connectivity index (χ3n) is 4.18. The molecule has 3 aromatic rings. The zero-order valence-corrected chi connectivity index (χ0v) is 16.5. The summed E-state index contributed by atoms with van der Waals surface area (Å²) >= 11 is 5.91. The lowest BCUT2D eigenvalue weighted by molar-refractivity contribution is -0.117. The Morgan fingerprint density at radius 1 is 1.07 bits per heavy atom. The highest BCUT2D eigenvalue weighted by atomic mass is 35.5. The van der Waals surface area contributed by atoms with E-state index in [9.17, 15) is 9.59 Å². The number of hydrogen-bond donors (Lipinski definition) is 1. The minimum Gasteiger partial charge on any atom is -0.460 e. The molecule has 0 atom stereocenters. The molecule has 0 saturated heterocycles. The van der Waals surface area contributed by atoms with Crippen molar-refractivity contribution in [3.8, 4) is 11.3 Å². The van der Waals surface area contributed by atoms with Crippen molar-refractivity contribution in [2.24, 2.45) is 0 Å². The summed E-state index contributed by atoms with van der Waals surface area (Å²) in [4.78, 5) is 25.6. The number of hydrogen-bond acceptors (Lipinski definition) is 4. The number of rotatable bonds is 7. The average molecular weight is 397 g/mol. The van der Waals surface area contributed by atoms with Crippen LogP contribution in [0.1, 0.15) is 23.0 Å². The van der Waals surface area contributed by atoms with Gasteiger partial charge in [0.05, 0.1) is 13.1 Å². The van der Waals surface area contributed by atoms with Crippen molar-refractivity contribution in [3.63, 3.8) is 0 Å². The molecule has 1 heterocycles. The quantitative estimate of drug-likeness (QED) is 0.578. The van der Waals surface area contributed by atoms with Gasteiger partial charge in [0.1, 0.15) is 11.5 Å². The van der Waals surface area contributed by atoms with E-state index in [1.165, 1.54) is 6.92 Å². The van der Waals surface area contributed by atoms with E-state index >= 15 is 0 Å². The second-order valence-corrected chi connectivity index (χ2v) is 7.07. The third-order valence-corrected chi connectivity index (χ3v) is 4.43. The Hall–Kier alpha value is -2.89. The number of nitrogens with one attached hydrogen (secondary N) is 1. The molecule has 0 aliphatic carbocycles. The molecule has 1 aromatic heterocycles. The van der Waals surface area contributed by atoms with Gasteiger partial charge in [-0.2, -0.15) is 0 Å². The van der Waals surface area contributed by atoms with Crippen molar-refractivity contribution in [1.29, 1.82) is 0 Å². The molecular weight excluding hydrogens is 376 g/mol. The molecule has 0 fully saturated rings. The molecule has 0 aliphatic rings. The van der Waals surface area contributed by atoms with Crippen LogP contribution >= 0.6 is 11.6 Å². The van der Waals surface area contributed by atoms with Crippen LogP contribution in [0.5, 0.6) is 0 Å². The summed E-state index contributed by atoms with van der Waals surface area (Å²) in [5, 5.41) is 3.49. The first-order valence-electron chi connectivity index (χ1n) is 8.85. The van der Waals surface area contributed by atoms with Gasteiger partial charge in [-0.15, -0.1) is 0 Å². The lowest BCUT2D eigenvalue weighted by atomic mass is 10.1. The number of benzene rings is 2. The van der Waals surface area contributed by atoms with E-state index in [1.807, 2.05) is 48.3 Å². The maximum atomic E-state index is 12.3. The van der Waals surface area contributed by atoms with Crippen molar-refractivity contribution in [2.75, 3.05) is 18.9 Å². The van der Waals surface area contributed by atoms with E-state index in [1.54, 1.807) is 24.3 Å². The summed E-state index contributed by atoms with van der Waals surface area (Å²) in [6, 6.07) is 18.1. The summed E-state index contributed by atoms with van der Waals surface area (Å²) in [5.74, 6) is 1.32. The summed E-state index contributed by atoms with van der Waals surface area (Å²) in [7, 11) is 1.84. The van der Waals surface area contributed by atoms with Gasteiger partial charge < -0.3 is 9.73 Å². The van der Waals surface area contributed by atoms with Crippen molar-refractivity contribution < 1.29 is 14.0 Å². The Bertz CT molecular complexity index is 979. The number of ketones is 1. The first kappa shape index (κ1) is 19.9. The minimum atomic E-state index is -0.160. The molecule has 3 rings (SSSR count). The van der Waals surface area contributed by atoms with Crippen molar-refractivity contribution >= 4 is 29.0 Å². The van der Waals surface area contributed by atoms with Crippen LogP contribution in [0.2, 0.25) is 5.02 Å². The Balaban J connectivity index is 1.56. The van der Waals surface area contributed by atoms with Crippen LogP contribution < -0.4 is 5.32 Å². The second-order valence-electron chi connectivity index (χ2n) is 6.63. The molecule has 5 nitrogen and oxygen atoms in total. The fourth-order valence-electron chi connectivity index (χ4n) is 2.82. The van der Waals surface area contributed by atoms with E-state index in [4.69, 9.17) is 16.0 Å². The summed E-state index contributed by atoms with van der Waals surface area (Å²) in [5.41, 5.74) is 2.12. The Labute approximate surface area is 168 Å². The topological polar surface area (TPSA) is 62.6 Å². The average Bonchev–Trinajstić information content (AvgIpc) is 3.10. The molecule has 0 bridgehead atoms. The second kappa shape index (κ2) is 8.87. The fourth-order valence-corrected chi connectivity index (χ4v) is 2.94. The molecule has 6 heteroatoms. The van der Waals surface area contributed by atoms with Gasteiger partial charge in [0, 0.05) is 21.8 Å². The van der Waals surface area contributed by atoms with Crippen molar-refractivity contribution in [3.05, 3.63) is 77.0 Å². The SMILES string of the molecule is CC(=O)c1cccc(NC(=O)CN(C)Cc2ccc(-c3ccc(Cl)cc3)o2)c1. The largest absolute Gasteiger partial charge is 0.460 e. The number of nitrogens with zero attached hydrogens (tertiary/aromatic N) is 1. The van der Waals surface area contributed by atoms with E-state index in [2.05, 4.69) is 5.32 Å². The number of carbonyl (C=O) groups excluding carboxylic acids is 2. The van der Waals surface area contributed by atoms with Crippen LogP contribution in [0.4, 0.5) is 5.69 Å². The zero-order chi connectivity index (χ0) is 20.1. The fraction of sp³-hybridized carbons (Fsp3) is 0.182. The van der Waals surface area contributed by atoms with E-state index in [-0.39, 0.29) is 18.2 Å². The zero-order valence-electron chi connectivity index (χ0n) is 15.7. The first-order valence-corrected chi connectivity index (χ1v) is 9.22. The Kier molecular flexibility index (Phi) is 6.29. The molecule has 0 radical (unpaired) electrons. The van der Waals surface area contributed by atoms with E-state index < -0.39 is 0 Å². The van der Waals surface area contributed by atoms with Gasteiger partial charge in [-0.25, -0.2) is 0 Å². The monoisotopic (exact) mass is 396 g/mol. The normalized spacial score (nSPS) is 10.9. The predicted octanol–water partition coefficient (Wildman–Crippen LogP) is 4.87. The Morgan fingerprint density at radius 2 is 1.82 bits per heavy atom. The summed E-state index contributed by atoms with van der Waals surface area (Å²) in [6.07, 6.45) is 0. The first-order chi connectivity index (χ1) is 13.4. The van der Waals surface area contributed by atoms with Crippen LogP contribution in [-0.2, 0) is 11.3 Å². The van der Waals surface area contributed by atoms with Gasteiger partial charge in [-0.05, 0) is 62.5 Å². The third kappa shape index (κ3) is 5.31. The maximum absolute atomic E-state index is 12.3. The maximum Gasteiger partial charge on any atom is 0.238 e. The molecule has 1 amide bonds. The molecule has 0 aliphatic heterocycles. The molecule has 28 heavy (non-hydrogen) atoms. The summed E-state index contributed by atoms with van der Waals surface area (Å²) < 4.78 is 5.87. The number of furan rings is 1. The number of anilines is 1. The van der Waals surface area contributed by atoms with E-state index in [0.29, 0.717) is 22.8 Å². The number of halogens is 1. The van der Waals surface area contributed by atoms with Crippen LogP contribution in [0.3, 0.4) is 0 Å². The van der Waals surface area contributed by atoms with Gasteiger partial charge in [-0.1, -0.05) is 23.7 Å². The highest BCUT2D eigenvalue weighted by Gasteiger charge is 2.11. The number of likely N-dealkylation sites (N-methyl/N-ethyl adjacent to an activating group) is 1. The Morgan fingerprint density at radius 3 is 2.54 bits per heavy atom. The minimum absolute atomic E-state index is 0.0393. The summed E-state index contributed by atoms with van der Waals surface area (Å²) in [6.45, 7) is 2.19. The number of Topliss-reactive ketones (excluding diaryl/α,β-unsaturated/α-hetero) is 1. The van der Waals surface area contributed by atoms with Gasteiger partial charge in [0.25, 0.3) is 0 Å². The van der Waals surface area contributed by atoms with Crippen LogP contribution in [0.15, 0.2) is 65.1 Å². The molecule has 0 spiro atoms. The number of carbonyl (C=O) groups is 2. The van der Waals surface area contributed by atoms with Gasteiger partial charge in [0.2, 0.25) is 5.91 Å². The molecule has 2 aromatic carbocycles. The molecule has 0 saturated carbocycles. The highest BCUT2D eigenvalue weighted by Crippen LogP contribution is 2.24. The van der Waals surface area contributed by atoms with Crippen molar-refractivity contribution in [1.82, 2.24) is 4.90 Å².